The number of benzene rings is 3. The van der Waals surface area contributed by atoms with E-state index in [4.69, 9.17) is 0 Å². The third kappa shape index (κ3) is 11.2. The molecule has 0 unspecified atom stereocenters. The van der Waals surface area contributed by atoms with Gasteiger partial charge in [0.05, 0.1) is 0 Å². The van der Waals surface area contributed by atoms with E-state index in [9.17, 15) is 0 Å². The van der Waals surface area contributed by atoms with Crippen molar-refractivity contribution in [3.8, 4) is 0 Å². The van der Waals surface area contributed by atoms with Gasteiger partial charge in [-0.25, -0.2) is 0 Å². The van der Waals surface area contributed by atoms with Crippen LogP contribution in [0.3, 0.4) is 0 Å². The van der Waals surface area contributed by atoms with Crippen LogP contribution >= 0.6 is 0 Å². The fraction of sp³-hybridized carbons (Fsp3) is 0.161. The van der Waals surface area contributed by atoms with E-state index in [2.05, 4.69) is 55.4 Å². The van der Waals surface area contributed by atoms with Crippen molar-refractivity contribution in [1.29, 1.82) is 0 Å². The minimum absolute atomic E-state index is 0. The minimum atomic E-state index is 0. The first-order chi connectivity index (χ1) is 14.7. The first-order valence-electron chi connectivity index (χ1n) is 10.5. The zero-order valence-corrected chi connectivity index (χ0v) is 21.8. The SMILES string of the molecule is C[C]1C(C)=C(C)C(C)=C1C.[CH2-]c1ccccc1.[CH2-]c1ccccc1.[CH2-]c1ccccc1.[Ti+3]. The Hall–Kier alpha value is -2.54. The molecule has 32 heavy (non-hydrogen) atoms. The molecule has 1 heteroatoms. The van der Waals surface area contributed by atoms with E-state index in [1.54, 1.807) is 0 Å². The van der Waals surface area contributed by atoms with Crippen LogP contribution in [0.5, 0.6) is 0 Å². The number of hydrogen-bond acceptors (Lipinski definition) is 0. The van der Waals surface area contributed by atoms with E-state index in [-0.39, 0.29) is 21.7 Å². The summed E-state index contributed by atoms with van der Waals surface area (Å²) < 4.78 is 0. The molecule has 0 fully saturated rings. The second-order valence-corrected chi connectivity index (χ2v) is 7.58. The van der Waals surface area contributed by atoms with Crippen LogP contribution in [-0.2, 0) is 21.7 Å². The molecule has 0 saturated heterocycles. The standard InChI is InChI=1S/C10H15.3C7H7.Ti/c1-6-7(2)9(4)10(5)8(6)3;3*1-7-5-3-2-4-6-7;/h1-5H3;3*2-6H,1H2;/q;3*-1;+3. The van der Waals surface area contributed by atoms with Crippen LogP contribution in [0.4, 0.5) is 0 Å². The molecule has 0 aliphatic heterocycles. The summed E-state index contributed by atoms with van der Waals surface area (Å²) in [6, 6.07) is 29.6. The Labute approximate surface area is 212 Å². The molecule has 0 nitrogen and oxygen atoms in total. The molecule has 0 N–H and O–H groups in total. The van der Waals surface area contributed by atoms with E-state index in [0.29, 0.717) is 0 Å². The summed E-state index contributed by atoms with van der Waals surface area (Å²) in [7, 11) is 0. The summed E-state index contributed by atoms with van der Waals surface area (Å²) in [5.74, 6) is 1.47. The van der Waals surface area contributed by atoms with Crippen molar-refractivity contribution in [2.75, 3.05) is 0 Å². The Morgan fingerprint density at radius 3 is 0.688 bits per heavy atom. The number of hydrogen-bond donors (Lipinski definition) is 0. The molecule has 164 valence electrons. The molecular weight excluding hydrogens is 420 g/mol. The van der Waals surface area contributed by atoms with Crippen LogP contribution < -0.4 is 0 Å². The predicted molar refractivity (Wildman–Crippen MR) is 138 cm³/mol. The van der Waals surface area contributed by atoms with Crippen LogP contribution in [0.2, 0.25) is 0 Å². The maximum absolute atomic E-state index is 3.72. The zero-order chi connectivity index (χ0) is 23.2. The van der Waals surface area contributed by atoms with Gasteiger partial charge in [-0.2, -0.15) is 73.9 Å². The minimum Gasteiger partial charge on any atom is -0.199 e. The van der Waals surface area contributed by atoms with Gasteiger partial charge in [-0.1, -0.05) is 36.3 Å². The predicted octanol–water partition coefficient (Wildman–Crippen LogP) is 8.87. The van der Waals surface area contributed by atoms with Crippen molar-refractivity contribution in [3.63, 3.8) is 0 Å². The molecule has 0 bridgehead atoms. The second kappa shape index (κ2) is 16.1. The van der Waals surface area contributed by atoms with Gasteiger partial charge in [0.1, 0.15) is 0 Å². The molecular formula is C31H36Ti. The maximum Gasteiger partial charge on any atom is 3.00 e. The first kappa shape index (κ1) is 29.5. The summed E-state index contributed by atoms with van der Waals surface area (Å²) in [5.41, 5.74) is 9.09. The van der Waals surface area contributed by atoms with Gasteiger partial charge in [0.15, 0.2) is 0 Å². The molecule has 0 aromatic heterocycles. The normalized spacial score (nSPS) is 12.3. The smallest absolute Gasteiger partial charge is 0.199 e. The second-order valence-electron chi connectivity index (χ2n) is 7.58. The number of rotatable bonds is 0. The van der Waals surface area contributed by atoms with Crippen molar-refractivity contribution in [2.24, 2.45) is 0 Å². The van der Waals surface area contributed by atoms with E-state index in [0.717, 1.165) is 16.7 Å². The Balaban J connectivity index is 0.000000401. The van der Waals surface area contributed by atoms with E-state index in [1.165, 1.54) is 28.2 Å². The fourth-order valence-electron chi connectivity index (χ4n) is 2.84. The molecule has 0 heterocycles. The van der Waals surface area contributed by atoms with Gasteiger partial charge in [-0.15, -0.1) is 36.4 Å². The maximum atomic E-state index is 3.72. The quantitative estimate of drug-likeness (QED) is 0.234. The molecule has 1 aliphatic carbocycles. The summed E-state index contributed by atoms with van der Waals surface area (Å²) in [5, 5.41) is 0. The Morgan fingerprint density at radius 2 is 0.594 bits per heavy atom. The van der Waals surface area contributed by atoms with Crippen molar-refractivity contribution in [1.82, 2.24) is 0 Å². The molecule has 3 aromatic carbocycles. The third-order valence-electron chi connectivity index (χ3n) is 5.34. The molecule has 0 atom stereocenters. The van der Waals surface area contributed by atoms with Crippen LogP contribution in [-0.4, -0.2) is 0 Å². The van der Waals surface area contributed by atoms with Crippen LogP contribution in [0, 0.1) is 26.7 Å². The molecule has 4 rings (SSSR count). The molecule has 3 aromatic rings. The van der Waals surface area contributed by atoms with Crippen LogP contribution in [0.25, 0.3) is 0 Å². The Bertz CT molecular complexity index is 822. The van der Waals surface area contributed by atoms with Crippen LogP contribution in [0.1, 0.15) is 51.3 Å². The summed E-state index contributed by atoms with van der Waals surface area (Å²) >= 11 is 0. The summed E-state index contributed by atoms with van der Waals surface area (Å²) in [6.07, 6.45) is 0. The van der Waals surface area contributed by atoms with Gasteiger partial charge in [0.2, 0.25) is 0 Å². The van der Waals surface area contributed by atoms with Crippen LogP contribution in [0.15, 0.2) is 113 Å². The largest absolute Gasteiger partial charge is 3.00 e. The average molecular weight is 456 g/mol. The molecule has 0 saturated carbocycles. The van der Waals surface area contributed by atoms with E-state index < -0.39 is 0 Å². The summed E-state index contributed by atoms with van der Waals surface area (Å²) in [6.45, 7) is 22.2. The zero-order valence-electron chi connectivity index (χ0n) is 20.3. The Kier molecular flexibility index (Phi) is 14.9. The fourth-order valence-corrected chi connectivity index (χ4v) is 2.84. The van der Waals surface area contributed by atoms with Gasteiger partial charge < -0.3 is 0 Å². The van der Waals surface area contributed by atoms with Crippen molar-refractivity contribution < 1.29 is 21.7 Å². The van der Waals surface area contributed by atoms with Crippen molar-refractivity contribution in [3.05, 3.63) is 157 Å². The molecule has 1 aliphatic rings. The van der Waals surface area contributed by atoms with Crippen molar-refractivity contribution >= 4 is 0 Å². The number of allylic oxidation sites excluding steroid dienone is 4. The van der Waals surface area contributed by atoms with Gasteiger partial charge in [0, 0.05) is 5.92 Å². The summed E-state index contributed by atoms with van der Waals surface area (Å²) in [4.78, 5) is 0. The Morgan fingerprint density at radius 1 is 0.375 bits per heavy atom. The molecule has 2 radical (unpaired) electrons. The van der Waals surface area contributed by atoms with Gasteiger partial charge >= 0.3 is 21.7 Å². The third-order valence-corrected chi connectivity index (χ3v) is 5.34. The first-order valence-corrected chi connectivity index (χ1v) is 10.5. The molecule has 0 spiro atoms. The van der Waals surface area contributed by atoms with E-state index >= 15 is 0 Å². The van der Waals surface area contributed by atoms with E-state index in [1.807, 2.05) is 91.0 Å². The molecule has 0 amide bonds. The average Bonchev–Trinajstić information content (AvgIpc) is 2.94. The van der Waals surface area contributed by atoms with Gasteiger partial charge in [-0.05, 0) is 38.8 Å². The monoisotopic (exact) mass is 456 g/mol. The topological polar surface area (TPSA) is 0 Å². The van der Waals surface area contributed by atoms with Crippen molar-refractivity contribution in [2.45, 2.75) is 34.6 Å². The van der Waals surface area contributed by atoms with Gasteiger partial charge in [0.25, 0.3) is 0 Å². The van der Waals surface area contributed by atoms with Gasteiger partial charge in [-0.3, -0.25) is 0 Å².